The minimum Gasteiger partial charge on any atom is -0.308 e. The fourth-order valence-electron chi connectivity index (χ4n) is 3.68. The van der Waals surface area contributed by atoms with Gasteiger partial charge in [0, 0.05) is 30.7 Å². The second kappa shape index (κ2) is 5.39. The Balaban J connectivity index is 1.46. The number of nitrogens with zero attached hydrogens (tertiary/aromatic N) is 6. The predicted octanol–water partition coefficient (Wildman–Crippen LogP) is 2.29. The van der Waals surface area contributed by atoms with E-state index < -0.39 is 0 Å². The van der Waals surface area contributed by atoms with Crippen LogP contribution in [0.25, 0.3) is 16.8 Å². The van der Waals surface area contributed by atoms with Crippen LogP contribution < -0.4 is 4.90 Å². The lowest BCUT2D eigenvalue weighted by Crippen LogP contribution is -2.31. The van der Waals surface area contributed by atoms with Gasteiger partial charge in [0.25, 0.3) is 0 Å². The molecule has 130 valence electrons. The summed E-state index contributed by atoms with van der Waals surface area (Å²) in [6.07, 6.45) is 2.14. The molecule has 7 heteroatoms. The highest BCUT2D eigenvalue weighted by Gasteiger charge is 2.28. The molecule has 1 amide bonds. The molecule has 26 heavy (non-hydrogen) atoms. The van der Waals surface area contributed by atoms with E-state index in [2.05, 4.69) is 19.5 Å². The smallest absolute Gasteiger partial charge is 0.235 e. The van der Waals surface area contributed by atoms with Gasteiger partial charge in [-0.2, -0.15) is 0 Å². The average molecular weight is 346 g/mol. The van der Waals surface area contributed by atoms with Crippen molar-refractivity contribution in [2.24, 2.45) is 0 Å². The van der Waals surface area contributed by atoms with Gasteiger partial charge in [-0.25, -0.2) is 15.0 Å². The first kappa shape index (κ1) is 15.1. The number of carbonyl (C=O) groups excluding carboxylic acids is 1. The molecule has 0 saturated heterocycles. The van der Waals surface area contributed by atoms with Crippen LogP contribution in [-0.4, -0.2) is 36.4 Å². The van der Waals surface area contributed by atoms with Gasteiger partial charge in [-0.05, 0) is 32.0 Å². The van der Waals surface area contributed by atoms with E-state index in [1.165, 1.54) is 0 Å². The van der Waals surface area contributed by atoms with Crippen molar-refractivity contribution in [2.45, 2.75) is 26.8 Å². The largest absolute Gasteiger partial charge is 0.308 e. The number of aromatic nitrogens is 5. The Bertz CT molecular complexity index is 1170. The van der Waals surface area contributed by atoms with Crippen molar-refractivity contribution in [3.8, 4) is 0 Å². The van der Waals surface area contributed by atoms with Crippen LogP contribution in [0.4, 0.5) is 5.95 Å². The van der Waals surface area contributed by atoms with Gasteiger partial charge in [0.05, 0.1) is 23.1 Å². The lowest BCUT2D eigenvalue weighted by Gasteiger charge is -2.12. The van der Waals surface area contributed by atoms with Crippen molar-refractivity contribution in [2.75, 3.05) is 11.4 Å². The third kappa shape index (κ3) is 2.20. The SMILES string of the molecule is Cc1cc(C)n2cc(CC(=O)N3CCn4c3nc3ccccc34)nc2n1. The molecule has 4 aromatic rings. The van der Waals surface area contributed by atoms with Crippen LogP contribution in [0.5, 0.6) is 0 Å². The number of anilines is 1. The van der Waals surface area contributed by atoms with E-state index in [0.29, 0.717) is 12.3 Å². The Labute approximate surface area is 149 Å². The van der Waals surface area contributed by atoms with E-state index in [0.717, 1.165) is 40.6 Å². The van der Waals surface area contributed by atoms with Crippen molar-refractivity contribution < 1.29 is 4.79 Å². The number of benzene rings is 1. The monoisotopic (exact) mass is 346 g/mol. The topological polar surface area (TPSA) is 68.3 Å². The molecule has 1 aromatic carbocycles. The Morgan fingerprint density at radius 3 is 2.85 bits per heavy atom. The minimum atomic E-state index is 0.0110. The summed E-state index contributed by atoms with van der Waals surface area (Å²) < 4.78 is 4.03. The van der Waals surface area contributed by atoms with Crippen LogP contribution >= 0.6 is 0 Å². The highest BCUT2D eigenvalue weighted by Crippen LogP contribution is 2.27. The molecule has 0 bridgehead atoms. The first-order valence-corrected chi connectivity index (χ1v) is 8.68. The van der Waals surface area contributed by atoms with Gasteiger partial charge in [0.15, 0.2) is 0 Å². The molecule has 0 radical (unpaired) electrons. The second-order valence-electron chi connectivity index (χ2n) is 6.72. The number of carbonyl (C=O) groups is 1. The van der Waals surface area contributed by atoms with Crippen molar-refractivity contribution >= 4 is 28.7 Å². The molecule has 5 rings (SSSR count). The Morgan fingerprint density at radius 2 is 1.96 bits per heavy atom. The van der Waals surface area contributed by atoms with Crippen LogP contribution in [0.3, 0.4) is 0 Å². The van der Waals surface area contributed by atoms with E-state index in [1.54, 1.807) is 4.90 Å². The average Bonchev–Trinajstić information content (AvgIpc) is 3.27. The summed E-state index contributed by atoms with van der Waals surface area (Å²) >= 11 is 0. The number of fused-ring (bicyclic) bond motifs is 4. The molecule has 1 aliphatic heterocycles. The number of rotatable bonds is 2. The maximum atomic E-state index is 12.9. The summed E-state index contributed by atoms with van der Waals surface area (Å²) in [6.45, 7) is 5.38. The van der Waals surface area contributed by atoms with Gasteiger partial charge >= 0.3 is 0 Å². The van der Waals surface area contributed by atoms with Crippen LogP contribution in [0.15, 0.2) is 36.5 Å². The number of imidazole rings is 2. The predicted molar refractivity (Wildman–Crippen MR) is 98.3 cm³/mol. The first-order valence-electron chi connectivity index (χ1n) is 8.68. The molecule has 0 unspecified atom stereocenters. The Kier molecular flexibility index (Phi) is 3.12. The highest BCUT2D eigenvalue weighted by atomic mass is 16.2. The summed E-state index contributed by atoms with van der Waals surface area (Å²) in [5.74, 6) is 1.38. The van der Waals surface area contributed by atoms with Crippen molar-refractivity contribution in [1.29, 1.82) is 0 Å². The van der Waals surface area contributed by atoms with Crippen molar-refractivity contribution in [3.05, 3.63) is 53.6 Å². The summed E-state index contributed by atoms with van der Waals surface area (Å²) in [4.78, 5) is 28.2. The van der Waals surface area contributed by atoms with Gasteiger partial charge in [0.2, 0.25) is 17.6 Å². The number of para-hydroxylation sites is 2. The summed E-state index contributed by atoms with van der Waals surface area (Å²) in [6, 6.07) is 9.98. The molecule has 0 spiro atoms. The maximum absolute atomic E-state index is 12.9. The van der Waals surface area contributed by atoms with Gasteiger partial charge in [-0.15, -0.1) is 0 Å². The zero-order valence-electron chi connectivity index (χ0n) is 14.7. The van der Waals surface area contributed by atoms with Crippen LogP contribution in [0.2, 0.25) is 0 Å². The van der Waals surface area contributed by atoms with Crippen LogP contribution in [0, 0.1) is 13.8 Å². The lowest BCUT2D eigenvalue weighted by atomic mass is 10.3. The van der Waals surface area contributed by atoms with E-state index >= 15 is 0 Å². The van der Waals surface area contributed by atoms with Gasteiger partial charge in [0.1, 0.15) is 0 Å². The van der Waals surface area contributed by atoms with E-state index in [1.807, 2.05) is 54.8 Å². The summed E-state index contributed by atoms with van der Waals surface area (Å²) in [7, 11) is 0. The molecule has 0 saturated carbocycles. The molecule has 7 nitrogen and oxygen atoms in total. The highest BCUT2D eigenvalue weighted by molar-refractivity contribution is 5.95. The van der Waals surface area contributed by atoms with Gasteiger partial charge in [-0.3, -0.25) is 14.1 Å². The second-order valence-corrected chi connectivity index (χ2v) is 6.72. The van der Waals surface area contributed by atoms with Crippen molar-refractivity contribution in [1.82, 2.24) is 23.9 Å². The molecular formula is C19H18N6O. The summed E-state index contributed by atoms with van der Waals surface area (Å²) in [5.41, 5.74) is 4.70. The Hall–Kier alpha value is -3.22. The standard InChI is InChI=1S/C19H18N6O/c1-12-9-13(2)25-11-14(21-18(25)20-12)10-17(26)24-8-7-23-16-6-4-3-5-15(16)22-19(23)24/h3-6,9,11H,7-8,10H2,1-2H3. The van der Waals surface area contributed by atoms with E-state index in [4.69, 9.17) is 0 Å². The molecular weight excluding hydrogens is 328 g/mol. The fourth-order valence-corrected chi connectivity index (χ4v) is 3.68. The number of amides is 1. The Morgan fingerprint density at radius 1 is 1.12 bits per heavy atom. The molecule has 3 aromatic heterocycles. The van der Waals surface area contributed by atoms with E-state index in [9.17, 15) is 4.79 Å². The van der Waals surface area contributed by atoms with Gasteiger partial charge in [-0.1, -0.05) is 12.1 Å². The number of hydrogen-bond donors (Lipinski definition) is 0. The van der Waals surface area contributed by atoms with Crippen LogP contribution in [-0.2, 0) is 17.8 Å². The third-order valence-corrected chi connectivity index (χ3v) is 4.87. The zero-order valence-corrected chi connectivity index (χ0v) is 14.7. The molecule has 0 fully saturated rings. The normalized spacial score (nSPS) is 13.7. The van der Waals surface area contributed by atoms with E-state index in [-0.39, 0.29) is 12.3 Å². The molecule has 4 heterocycles. The third-order valence-electron chi connectivity index (χ3n) is 4.87. The summed E-state index contributed by atoms with van der Waals surface area (Å²) in [5, 5.41) is 0. The molecule has 1 aliphatic rings. The first-order chi connectivity index (χ1) is 12.6. The minimum absolute atomic E-state index is 0.0110. The lowest BCUT2D eigenvalue weighted by molar-refractivity contribution is -0.117. The fraction of sp³-hybridized carbons (Fsp3) is 0.263. The van der Waals surface area contributed by atoms with Crippen LogP contribution in [0.1, 0.15) is 17.1 Å². The molecule has 0 aliphatic carbocycles. The quantitative estimate of drug-likeness (QED) is 0.558. The molecule has 0 N–H and O–H groups in total. The van der Waals surface area contributed by atoms with Gasteiger partial charge < -0.3 is 4.57 Å². The maximum Gasteiger partial charge on any atom is 0.235 e. The number of aryl methyl sites for hydroxylation is 2. The number of hydrogen-bond acceptors (Lipinski definition) is 4. The van der Waals surface area contributed by atoms with Crippen molar-refractivity contribution in [3.63, 3.8) is 0 Å². The molecule has 0 atom stereocenters. The zero-order chi connectivity index (χ0) is 17.8.